The predicted molar refractivity (Wildman–Crippen MR) is 569 cm³/mol. The van der Waals surface area contributed by atoms with E-state index in [-0.39, 0.29) is 5.41 Å². The molecule has 0 spiro atoms. The van der Waals surface area contributed by atoms with E-state index >= 15 is 0 Å². The Labute approximate surface area is 799 Å². The van der Waals surface area contributed by atoms with Crippen LogP contribution in [0.15, 0.2) is 486 Å². The summed E-state index contributed by atoms with van der Waals surface area (Å²) in [6.45, 7) is 4.69. The number of para-hydroxylation sites is 5. The van der Waals surface area contributed by atoms with E-state index in [1.165, 1.54) is 138 Å². The van der Waals surface area contributed by atoms with E-state index in [0.717, 1.165) is 113 Å². The zero-order valence-corrected chi connectivity index (χ0v) is 75.7. The Hall–Kier alpha value is -18.3. The van der Waals surface area contributed by atoms with Crippen LogP contribution < -0.4 is 9.80 Å². The molecule has 10 heteroatoms. The summed E-state index contributed by atoms with van der Waals surface area (Å²) in [5.74, 6) is 0.810. The van der Waals surface area contributed by atoms with Gasteiger partial charge >= 0.3 is 0 Å². The fraction of sp³-hybridized carbons (Fsp3) is 0.0234. The molecule has 648 valence electrons. The monoisotopic (exact) mass is 1760 g/mol. The third-order valence-corrected chi connectivity index (χ3v) is 28.1. The Morgan fingerprint density at radius 2 is 0.507 bits per heavy atom. The molecular weight excluding hydrogens is 1680 g/mol. The molecule has 7 aromatic heterocycles. The van der Waals surface area contributed by atoms with Gasteiger partial charge < -0.3 is 18.9 Å². The fourth-order valence-corrected chi connectivity index (χ4v) is 21.7. The lowest BCUT2D eigenvalue weighted by Gasteiger charge is -2.28. The standard InChI is InChI=1S/C52H37N3.C43H29N3.C33H20N4/c1-52(2)47-19-9-8-16-42(47)43-30-29-39(32-48(43)52)55(37-12-4-3-5-13-37)38-27-23-35(24-28-38)34-21-25-36(26-22-34)54-33-46-50-44(17-10-20-49(50)54)40-14-6-7-15-41(40)45-18-11-31-53-51(45)46;1-3-11-33(12-4-1)46(34-13-5-2-6-14-34)35-26-22-31(23-27-35)30-20-24-32(25-21-30)45-29-40-42-38(17-9-19-41(42)45)36-15-7-8-16-37(36)39-18-10-28-44-43(39)40;1-2-10-21(11-3-1)31-33(36-28-17-7-6-16-27(28)35-31)37-20-26-30-24(14-8-18-29(30)37)22-12-4-5-13-23(22)25-15-9-19-34-32(25)26/h3-33H,1-2H3;1-29H;1-20H. The highest BCUT2D eigenvalue weighted by Gasteiger charge is 2.37. The van der Waals surface area contributed by atoms with Crippen molar-refractivity contribution in [1.29, 1.82) is 0 Å². The molecule has 0 N–H and O–H groups in total. The molecule has 0 bridgehead atoms. The van der Waals surface area contributed by atoms with Gasteiger partial charge in [0.25, 0.3) is 0 Å². The molecule has 0 atom stereocenters. The van der Waals surface area contributed by atoms with Crippen LogP contribution in [-0.2, 0) is 5.41 Å². The van der Waals surface area contributed by atoms with Crippen molar-refractivity contribution in [3.8, 4) is 162 Å². The second-order valence-electron chi connectivity index (χ2n) is 36.2. The van der Waals surface area contributed by atoms with Crippen LogP contribution in [0.5, 0.6) is 0 Å². The molecule has 4 aliphatic carbocycles. The number of fused-ring (bicyclic) bond motifs is 19. The smallest absolute Gasteiger partial charge is 0.164 e. The summed E-state index contributed by atoms with van der Waals surface area (Å²) >= 11 is 0. The largest absolute Gasteiger partial charge is 0.316 e. The third-order valence-electron chi connectivity index (χ3n) is 28.1. The number of nitrogens with zero attached hydrogens (tertiary/aromatic N) is 10. The van der Waals surface area contributed by atoms with Gasteiger partial charge in [-0.3, -0.25) is 19.5 Å². The highest BCUT2D eigenvalue weighted by molar-refractivity contribution is 6.16. The Morgan fingerprint density at radius 1 is 0.203 bits per heavy atom. The van der Waals surface area contributed by atoms with Crippen molar-refractivity contribution in [3.63, 3.8) is 0 Å². The first-order valence-corrected chi connectivity index (χ1v) is 47.1. The Morgan fingerprint density at radius 3 is 0.928 bits per heavy atom. The summed E-state index contributed by atoms with van der Waals surface area (Å²) in [5.41, 5.74) is 47.2. The second kappa shape index (κ2) is 33.2. The second-order valence-corrected chi connectivity index (χ2v) is 36.2. The van der Waals surface area contributed by atoms with Crippen molar-refractivity contribution in [3.05, 3.63) is 497 Å². The van der Waals surface area contributed by atoms with E-state index in [0.29, 0.717) is 0 Å². The van der Waals surface area contributed by atoms with E-state index in [1.54, 1.807) is 0 Å². The number of anilines is 6. The molecule has 17 aromatic carbocycles. The minimum absolute atomic E-state index is 0.0700. The van der Waals surface area contributed by atoms with Crippen molar-refractivity contribution in [2.45, 2.75) is 19.3 Å². The van der Waals surface area contributed by atoms with E-state index in [4.69, 9.17) is 24.9 Å². The van der Waals surface area contributed by atoms with E-state index in [1.807, 2.05) is 79.3 Å². The van der Waals surface area contributed by atoms with Crippen molar-refractivity contribution in [2.24, 2.45) is 0 Å². The summed E-state index contributed by atoms with van der Waals surface area (Å²) in [6.07, 6.45) is 12.4. The lowest BCUT2D eigenvalue weighted by atomic mass is 9.82. The molecule has 4 aliphatic rings. The van der Waals surface area contributed by atoms with Crippen LogP contribution in [0.1, 0.15) is 25.0 Å². The first-order chi connectivity index (χ1) is 68.2. The number of aromatic nitrogens is 8. The summed E-state index contributed by atoms with van der Waals surface area (Å²) in [5, 5.41) is 3.67. The van der Waals surface area contributed by atoms with Crippen molar-refractivity contribution < 1.29 is 0 Å². The quantitative estimate of drug-likeness (QED) is 0.120. The number of rotatable bonds is 12. The molecule has 7 heterocycles. The minimum atomic E-state index is -0.0700. The number of hydrogen-bond acceptors (Lipinski definition) is 7. The van der Waals surface area contributed by atoms with Gasteiger partial charge in [-0.2, -0.15) is 0 Å². The predicted octanol–water partition coefficient (Wildman–Crippen LogP) is 33.2. The molecule has 0 saturated heterocycles. The molecule has 0 saturated carbocycles. The molecule has 28 rings (SSSR count). The average Bonchev–Trinajstić information content (AvgIpc) is 1.56. The highest BCUT2D eigenvalue weighted by Crippen LogP contribution is 2.55. The van der Waals surface area contributed by atoms with Gasteiger partial charge in [0, 0.05) is 143 Å². The molecular formula is C128H86N10. The van der Waals surface area contributed by atoms with Gasteiger partial charge in [-0.05, 0) is 240 Å². The van der Waals surface area contributed by atoms with Crippen LogP contribution in [0.2, 0.25) is 0 Å². The van der Waals surface area contributed by atoms with Crippen LogP contribution >= 0.6 is 0 Å². The van der Waals surface area contributed by atoms with Gasteiger partial charge in [0.2, 0.25) is 0 Å². The molecule has 0 unspecified atom stereocenters. The van der Waals surface area contributed by atoms with Gasteiger partial charge in [0.05, 0.1) is 44.7 Å². The lowest BCUT2D eigenvalue weighted by Crippen LogP contribution is -2.16. The Kier molecular flexibility index (Phi) is 19.4. The SMILES string of the molecule is CC1(C)c2ccccc2-c2ccc(N(c3ccccc3)c3ccc(-c4ccc(-n5cc6c7c(cccc75)-c5ccccc5-c5cccnc5-6)cc4)cc3)cc21.c1ccc(-c2nc3ccccc3nc2-n2cc3c4c(cccc42)-c2ccccc2-c2cccnc2-3)cc1.c1ccc(N(c2ccccc2)c2ccc(-c3ccc(-n4cc5c6c(cccc64)-c4ccccc4-c4cccnc4-5)cc3)cc2)cc1. The molecule has 10 nitrogen and oxygen atoms in total. The summed E-state index contributed by atoms with van der Waals surface area (Å²) < 4.78 is 6.83. The maximum Gasteiger partial charge on any atom is 0.164 e. The first kappa shape index (κ1) is 80.6. The number of benzene rings is 17. The summed E-state index contributed by atoms with van der Waals surface area (Å²) in [6, 6.07) is 160. The molecule has 24 aromatic rings. The van der Waals surface area contributed by atoms with Gasteiger partial charge in [0.1, 0.15) is 5.69 Å². The van der Waals surface area contributed by atoms with Crippen LogP contribution in [0.4, 0.5) is 34.1 Å². The maximum absolute atomic E-state index is 5.17. The van der Waals surface area contributed by atoms with Crippen LogP contribution in [-0.4, -0.2) is 38.6 Å². The Balaban J connectivity index is 0.000000109. The average molecular weight is 1760 g/mol. The maximum atomic E-state index is 5.17. The van der Waals surface area contributed by atoms with E-state index < -0.39 is 0 Å². The zero-order chi connectivity index (χ0) is 91.5. The molecule has 0 aliphatic heterocycles. The lowest BCUT2D eigenvalue weighted by molar-refractivity contribution is 0.660. The zero-order valence-electron chi connectivity index (χ0n) is 75.7. The Bertz CT molecular complexity index is 8850. The molecule has 0 radical (unpaired) electrons. The van der Waals surface area contributed by atoms with Crippen molar-refractivity contribution in [2.75, 3.05) is 9.80 Å². The third kappa shape index (κ3) is 13.5. The summed E-state index contributed by atoms with van der Waals surface area (Å²) in [4.78, 5) is 29.7. The van der Waals surface area contributed by atoms with Crippen molar-refractivity contribution >= 4 is 77.9 Å². The highest BCUT2D eigenvalue weighted by atomic mass is 15.2. The topological polar surface area (TPSA) is 85.7 Å². The normalized spacial score (nSPS) is 12.2. The molecule has 0 fully saturated rings. The van der Waals surface area contributed by atoms with Gasteiger partial charge in [-0.1, -0.05) is 317 Å². The van der Waals surface area contributed by atoms with Crippen LogP contribution in [0.3, 0.4) is 0 Å². The summed E-state index contributed by atoms with van der Waals surface area (Å²) in [7, 11) is 0. The van der Waals surface area contributed by atoms with E-state index in [2.05, 4.69) is 444 Å². The molecule has 138 heavy (non-hydrogen) atoms. The fourth-order valence-electron chi connectivity index (χ4n) is 21.7. The number of pyridine rings is 3. The minimum Gasteiger partial charge on any atom is -0.316 e. The molecule has 0 amide bonds. The number of hydrogen-bond donors (Lipinski definition) is 0. The van der Waals surface area contributed by atoms with Crippen LogP contribution in [0.25, 0.3) is 206 Å². The van der Waals surface area contributed by atoms with Gasteiger partial charge in [0.15, 0.2) is 5.82 Å². The van der Waals surface area contributed by atoms with Gasteiger partial charge in [-0.15, -0.1) is 0 Å². The van der Waals surface area contributed by atoms with Crippen LogP contribution in [0, 0.1) is 0 Å². The van der Waals surface area contributed by atoms with Gasteiger partial charge in [-0.25, -0.2) is 9.97 Å². The first-order valence-electron chi connectivity index (χ1n) is 47.1. The van der Waals surface area contributed by atoms with E-state index in [9.17, 15) is 0 Å². The van der Waals surface area contributed by atoms with Crippen molar-refractivity contribution in [1.82, 2.24) is 38.6 Å².